The molecule has 0 bridgehead atoms. The summed E-state index contributed by atoms with van der Waals surface area (Å²) in [7, 11) is 1.56. The lowest BCUT2D eigenvalue weighted by Crippen LogP contribution is -2.23. The van der Waals surface area contributed by atoms with E-state index >= 15 is 0 Å². The highest BCUT2D eigenvalue weighted by Gasteiger charge is 2.15. The maximum Gasteiger partial charge on any atom is 0.338 e. The van der Waals surface area contributed by atoms with Gasteiger partial charge < -0.3 is 14.5 Å². The predicted molar refractivity (Wildman–Crippen MR) is 72.4 cm³/mol. The van der Waals surface area contributed by atoms with Crippen molar-refractivity contribution >= 4 is 5.97 Å². The van der Waals surface area contributed by atoms with Crippen LogP contribution in [0, 0.1) is 0 Å². The Kier molecular flexibility index (Phi) is 6.29. The van der Waals surface area contributed by atoms with Gasteiger partial charge in [0.2, 0.25) is 5.56 Å². The topological polar surface area (TPSA) is 68.4 Å². The van der Waals surface area contributed by atoms with Crippen molar-refractivity contribution in [1.29, 1.82) is 0 Å². The zero-order valence-electron chi connectivity index (χ0n) is 11.7. The summed E-state index contributed by atoms with van der Waals surface area (Å²) in [5.41, 5.74) is 0.765. The number of aryl methyl sites for hydroxylation is 1. The van der Waals surface area contributed by atoms with Crippen LogP contribution in [-0.2, 0) is 15.9 Å². The highest BCUT2D eigenvalue weighted by atomic mass is 16.6. The van der Waals surface area contributed by atoms with Crippen LogP contribution in [0.15, 0.2) is 16.9 Å². The summed E-state index contributed by atoms with van der Waals surface area (Å²) in [6.07, 6.45) is 2.01. The molecule has 19 heavy (non-hydrogen) atoms. The van der Waals surface area contributed by atoms with Crippen LogP contribution in [0.5, 0.6) is 0 Å². The Labute approximate surface area is 112 Å². The Morgan fingerprint density at radius 3 is 2.68 bits per heavy atom. The number of nitrogens with one attached hydrogen (secondary N) is 1. The molecule has 0 aliphatic rings. The minimum absolute atomic E-state index is 0.280. The summed E-state index contributed by atoms with van der Waals surface area (Å²) in [6.45, 7) is 4.28. The zero-order valence-corrected chi connectivity index (χ0v) is 11.7. The van der Waals surface area contributed by atoms with Gasteiger partial charge in [0.05, 0.1) is 12.2 Å². The van der Waals surface area contributed by atoms with Crippen LogP contribution in [0.25, 0.3) is 0 Å². The first kappa shape index (κ1) is 15.4. The van der Waals surface area contributed by atoms with E-state index < -0.39 is 5.97 Å². The molecule has 106 valence electrons. The average Bonchev–Trinajstić information content (AvgIpc) is 2.37. The molecule has 0 aromatic carbocycles. The standard InChI is InChI=1S/C14H21NO4/c1-4-6-11-7-10(8-13(16)15-11)14(17)19-12(5-2)9-18-3/h7-8,12H,4-6,9H2,1-3H3,(H,15,16). The molecule has 1 unspecified atom stereocenters. The number of hydrogen-bond acceptors (Lipinski definition) is 4. The minimum Gasteiger partial charge on any atom is -0.456 e. The number of pyridine rings is 1. The molecule has 0 spiro atoms. The first-order valence-electron chi connectivity index (χ1n) is 6.53. The van der Waals surface area contributed by atoms with Gasteiger partial charge in [-0.3, -0.25) is 4.79 Å². The SMILES string of the molecule is CCCc1cc(C(=O)OC(CC)COC)cc(=O)[nH]1. The summed E-state index contributed by atoms with van der Waals surface area (Å²) < 4.78 is 10.3. The number of ether oxygens (including phenoxy) is 2. The van der Waals surface area contributed by atoms with Crippen molar-refractivity contribution in [3.05, 3.63) is 33.7 Å². The molecule has 0 aliphatic heterocycles. The van der Waals surface area contributed by atoms with Crippen LogP contribution < -0.4 is 5.56 Å². The summed E-state index contributed by atoms with van der Waals surface area (Å²) >= 11 is 0. The van der Waals surface area contributed by atoms with E-state index in [4.69, 9.17) is 9.47 Å². The van der Waals surface area contributed by atoms with Crippen LogP contribution in [0.4, 0.5) is 0 Å². The van der Waals surface area contributed by atoms with Gasteiger partial charge in [-0.05, 0) is 18.9 Å². The van der Waals surface area contributed by atoms with Gasteiger partial charge in [0, 0.05) is 18.9 Å². The number of aromatic amines is 1. The lowest BCUT2D eigenvalue weighted by Gasteiger charge is -2.15. The maximum atomic E-state index is 12.0. The number of H-pyrrole nitrogens is 1. The molecule has 1 atom stereocenters. The third-order valence-electron chi connectivity index (χ3n) is 2.74. The van der Waals surface area contributed by atoms with Gasteiger partial charge in [-0.1, -0.05) is 20.3 Å². The molecule has 1 aromatic heterocycles. The molecule has 5 nitrogen and oxygen atoms in total. The van der Waals surface area contributed by atoms with Crippen molar-refractivity contribution in [2.24, 2.45) is 0 Å². The average molecular weight is 267 g/mol. The van der Waals surface area contributed by atoms with E-state index in [9.17, 15) is 9.59 Å². The van der Waals surface area contributed by atoms with Gasteiger partial charge in [0.25, 0.3) is 0 Å². The number of carbonyl (C=O) groups is 1. The Morgan fingerprint density at radius 1 is 1.37 bits per heavy atom. The third kappa shape index (κ3) is 4.87. The third-order valence-corrected chi connectivity index (χ3v) is 2.74. The fourth-order valence-electron chi connectivity index (χ4n) is 1.76. The van der Waals surface area contributed by atoms with Crippen molar-refractivity contribution in [1.82, 2.24) is 4.98 Å². The highest BCUT2D eigenvalue weighted by Crippen LogP contribution is 2.07. The van der Waals surface area contributed by atoms with Gasteiger partial charge >= 0.3 is 5.97 Å². The monoisotopic (exact) mass is 267 g/mol. The van der Waals surface area contributed by atoms with E-state index in [1.165, 1.54) is 6.07 Å². The number of rotatable bonds is 7. The van der Waals surface area contributed by atoms with Crippen LogP contribution >= 0.6 is 0 Å². The molecule has 0 saturated carbocycles. The van der Waals surface area contributed by atoms with Gasteiger partial charge in [-0.2, -0.15) is 0 Å². The quantitative estimate of drug-likeness (QED) is 0.766. The molecule has 0 fully saturated rings. The second-order valence-corrected chi connectivity index (χ2v) is 4.40. The molecule has 0 aliphatic carbocycles. The van der Waals surface area contributed by atoms with Crippen molar-refractivity contribution in [3.63, 3.8) is 0 Å². The van der Waals surface area contributed by atoms with Crippen LogP contribution in [0.1, 0.15) is 42.7 Å². The number of aromatic nitrogens is 1. The van der Waals surface area contributed by atoms with Crippen LogP contribution in [-0.4, -0.2) is 30.8 Å². The van der Waals surface area contributed by atoms with Crippen molar-refractivity contribution in [2.75, 3.05) is 13.7 Å². The maximum absolute atomic E-state index is 12.0. The van der Waals surface area contributed by atoms with Gasteiger partial charge in [-0.15, -0.1) is 0 Å². The molecule has 1 aromatic rings. The van der Waals surface area contributed by atoms with E-state index in [1.54, 1.807) is 13.2 Å². The molecule has 1 N–H and O–H groups in total. The Balaban J connectivity index is 2.83. The fraction of sp³-hybridized carbons (Fsp3) is 0.571. The number of esters is 1. The normalized spacial score (nSPS) is 12.2. The van der Waals surface area contributed by atoms with Gasteiger partial charge in [-0.25, -0.2) is 4.79 Å². The second kappa shape index (κ2) is 7.74. The molecular weight excluding hydrogens is 246 g/mol. The largest absolute Gasteiger partial charge is 0.456 e. The first-order valence-corrected chi connectivity index (χ1v) is 6.53. The summed E-state index contributed by atoms with van der Waals surface area (Å²) in [6, 6.07) is 2.94. The van der Waals surface area contributed by atoms with Crippen molar-refractivity contribution in [2.45, 2.75) is 39.2 Å². The molecule has 0 radical (unpaired) electrons. The lowest BCUT2D eigenvalue weighted by molar-refractivity contribution is 0.00471. The van der Waals surface area contributed by atoms with Gasteiger partial charge in [0.15, 0.2) is 0 Å². The van der Waals surface area contributed by atoms with Crippen molar-refractivity contribution in [3.8, 4) is 0 Å². The number of carbonyl (C=O) groups excluding carboxylic acids is 1. The van der Waals surface area contributed by atoms with Crippen LogP contribution in [0.3, 0.4) is 0 Å². The second-order valence-electron chi connectivity index (χ2n) is 4.40. The number of hydrogen-bond donors (Lipinski definition) is 1. The van der Waals surface area contributed by atoms with Crippen LogP contribution in [0.2, 0.25) is 0 Å². The highest BCUT2D eigenvalue weighted by molar-refractivity contribution is 5.89. The number of methoxy groups -OCH3 is 1. The summed E-state index contributed by atoms with van der Waals surface area (Å²) in [4.78, 5) is 26.2. The van der Waals surface area contributed by atoms with E-state index in [0.717, 1.165) is 18.5 Å². The lowest BCUT2D eigenvalue weighted by atomic mass is 10.1. The van der Waals surface area contributed by atoms with E-state index in [-0.39, 0.29) is 11.7 Å². The first-order chi connectivity index (χ1) is 9.10. The molecule has 0 saturated heterocycles. The molecular formula is C14H21NO4. The fourth-order valence-corrected chi connectivity index (χ4v) is 1.76. The van der Waals surface area contributed by atoms with E-state index in [2.05, 4.69) is 4.98 Å². The smallest absolute Gasteiger partial charge is 0.338 e. The zero-order chi connectivity index (χ0) is 14.3. The Bertz CT molecular complexity index is 467. The van der Waals surface area contributed by atoms with Gasteiger partial charge in [0.1, 0.15) is 6.10 Å². The molecule has 1 heterocycles. The summed E-state index contributed by atoms with van der Waals surface area (Å²) in [5.74, 6) is -0.479. The predicted octanol–water partition coefficient (Wildman–Crippen LogP) is 1.91. The molecule has 5 heteroatoms. The molecule has 1 rings (SSSR count). The van der Waals surface area contributed by atoms with Crippen molar-refractivity contribution < 1.29 is 14.3 Å². The van der Waals surface area contributed by atoms with E-state index in [0.29, 0.717) is 18.6 Å². The Hall–Kier alpha value is -1.62. The molecule has 0 amide bonds. The van der Waals surface area contributed by atoms with E-state index in [1.807, 2.05) is 13.8 Å². The summed E-state index contributed by atoms with van der Waals surface area (Å²) in [5, 5.41) is 0. The Morgan fingerprint density at radius 2 is 2.11 bits per heavy atom. The minimum atomic E-state index is -0.479.